The summed E-state index contributed by atoms with van der Waals surface area (Å²) in [6.07, 6.45) is 14.0. The Morgan fingerprint density at radius 2 is 1.21 bits per heavy atom. The molecular weight excluding hydrogens is 372 g/mol. The lowest BCUT2D eigenvalue weighted by Crippen LogP contribution is -1.99. The van der Waals surface area contributed by atoms with Gasteiger partial charge in [0.15, 0.2) is 0 Å². The number of nitrogens with zero attached hydrogens (tertiary/aromatic N) is 2. The van der Waals surface area contributed by atoms with E-state index in [0.717, 1.165) is 22.6 Å². The molecule has 0 saturated heterocycles. The minimum Gasteiger partial charge on any atom is -0.465 e. The molecule has 4 aromatic heterocycles. The highest BCUT2D eigenvalue weighted by Gasteiger charge is 2.11. The third-order valence-electron chi connectivity index (χ3n) is 3.86. The third-order valence-corrected chi connectivity index (χ3v) is 5.07. The lowest BCUT2D eigenvalue weighted by molar-refractivity contribution is 0.557. The molecule has 4 rings (SSSR count). The van der Waals surface area contributed by atoms with Crippen LogP contribution < -0.4 is 0 Å². The van der Waals surface area contributed by atoms with E-state index in [1.807, 2.05) is 60.7 Å². The maximum absolute atomic E-state index is 12.9. The largest absolute Gasteiger partial charge is 0.465 e. The fourth-order valence-corrected chi connectivity index (χ4v) is 3.51. The van der Waals surface area contributed by atoms with Crippen LogP contribution in [0.15, 0.2) is 92.3 Å². The summed E-state index contributed by atoms with van der Waals surface area (Å²) >= 11 is 0. The molecule has 0 aliphatic heterocycles. The van der Waals surface area contributed by atoms with Crippen LogP contribution in [0, 0.1) is 0 Å². The van der Waals surface area contributed by atoms with E-state index in [9.17, 15) is 4.21 Å². The average Bonchev–Trinajstić information content (AvgIpc) is 3.45. The Balaban J connectivity index is 1.54. The monoisotopic (exact) mass is 388 g/mol. The van der Waals surface area contributed by atoms with Gasteiger partial charge in [0, 0.05) is 12.4 Å². The number of hydrogen-bond acceptors (Lipinski definition) is 5. The van der Waals surface area contributed by atoms with Crippen molar-refractivity contribution in [3.63, 3.8) is 0 Å². The second-order valence-corrected chi connectivity index (χ2v) is 7.20. The van der Waals surface area contributed by atoms with Crippen molar-refractivity contribution in [3.05, 3.63) is 96.1 Å². The predicted octanol–water partition coefficient (Wildman–Crippen LogP) is 5.17. The molecule has 0 unspecified atom stereocenters. The van der Waals surface area contributed by atoms with Gasteiger partial charge in [-0.3, -0.25) is 0 Å². The summed E-state index contributed by atoms with van der Waals surface area (Å²) in [5, 5.41) is 0.891. The Morgan fingerprint density at radius 3 is 1.64 bits per heavy atom. The molecule has 0 radical (unpaired) electrons. The summed E-state index contributed by atoms with van der Waals surface area (Å²) in [7, 11) is -1.48. The molecule has 0 atom stereocenters. The van der Waals surface area contributed by atoms with E-state index in [0.29, 0.717) is 10.1 Å². The zero-order chi connectivity index (χ0) is 19.2. The van der Waals surface area contributed by atoms with Gasteiger partial charge in [0.05, 0.1) is 12.5 Å². The zero-order valence-electron chi connectivity index (χ0n) is 14.8. The number of pyridine rings is 2. The van der Waals surface area contributed by atoms with Crippen LogP contribution in [0.25, 0.3) is 24.3 Å². The van der Waals surface area contributed by atoms with Gasteiger partial charge >= 0.3 is 0 Å². The van der Waals surface area contributed by atoms with Gasteiger partial charge in [-0.1, -0.05) is 12.2 Å². The molecule has 0 saturated carbocycles. The Morgan fingerprint density at radius 1 is 0.714 bits per heavy atom. The fraction of sp³-hybridized carbons (Fsp3) is 0. The first-order chi connectivity index (χ1) is 13.8. The van der Waals surface area contributed by atoms with Crippen molar-refractivity contribution < 1.29 is 13.0 Å². The van der Waals surface area contributed by atoms with Crippen molar-refractivity contribution >= 4 is 35.1 Å². The molecule has 0 amide bonds. The van der Waals surface area contributed by atoms with E-state index < -0.39 is 10.8 Å². The summed E-state index contributed by atoms with van der Waals surface area (Å²) in [6, 6.07) is 14.6. The molecule has 0 N–H and O–H groups in total. The number of furan rings is 2. The zero-order valence-corrected chi connectivity index (χ0v) is 15.6. The molecule has 6 heteroatoms. The average molecular weight is 388 g/mol. The van der Waals surface area contributed by atoms with Gasteiger partial charge in [-0.2, -0.15) is 0 Å². The van der Waals surface area contributed by atoms with Gasteiger partial charge in [-0.25, -0.2) is 14.2 Å². The van der Waals surface area contributed by atoms with E-state index in [1.165, 1.54) is 0 Å². The normalized spacial score (nSPS) is 11.8. The highest BCUT2D eigenvalue weighted by Crippen LogP contribution is 2.17. The molecule has 0 bridgehead atoms. The van der Waals surface area contributed by atoms with Crippen LogP contribution in [0.2, 0.25) is 0 Å². The minimum atomic E-state index is -1.48. The highest BCUT2D eigenvalue weighted by atomic mass is 32.2. The quantitative estimate of drug-likeness (QED) is 0.456. The molecule has 0 spiro atoms. The first kappa shape index (κ1) is 17.9. The molecule has 5 nitrogen and oxygen atoms in total. The smallest absolute Gasteiger partial charge is 0.134 e. The molecule has 4 aromatic rings. The Kier molecular flexibility index (Phi) is 5.40. The van der Waals surface area contributed by atoms with Gasteiger partial charge in [0.25, 0.3) is 0 Å². The first-order valence-electron chi connectivity index (χ1n) is 8.55. The lowest BCUT2D eigenvalue weighted by atomic mass is 10.2. The number of aromatic nitrogens is 2. The number of rotatable bonds is 6. The summed E-state index contributed by atoms with van der Waals surface area (Å²) in [5.41, 5.74) is 1.76. The molecule has 0 aliphatic rings. The van der Waals surface area contributed by atoms with Gasteiger partial charge in [0.1, 0.15) is 32.4 Å². The first-order valence-corrected chi connectivity index (χ1v) is 9.70. The van der Waals surface area contributed by atoms with Gasteiger partial charge in [-0.05, 0) is 71.8 Å². The van der Waals surface area contributed by atoms with E-state index in [4.69, 9.17) is 8.83 Å². The molecule has 4 heterocycles. The summed E-state index contributed by atoms with van der Waals surface area (Å²) in [6.45, 7) is 0. The summed E-state index contributed by atoms with van der Waals surface area (Å²) < 4.78 is 23.5. The predicted molar refractivity (Wildman–Crippen MR) is 108 cm³/mol. The van der Waals surface area contributed by atoms with Crippen LogP contribution in [0.1, 0.15) is 22.6 Å². The Labute approximate surface area is 164 Å². The number of hydrogen-bond donors (Lipinski definition) is 0. The van der Waals surface area contributed by atoms with Crippen molar-refractivity contribution in [1.82, 2.24) is 9.97 Å². The summed E-state index contributed by atoms with van der Waals surface area (Å²) in [4.78, 5) is 8.49. The van der Waals surface area contributed by atoms with Gasteiger partial charge in [-0.15, -0.1) is 0 Å². The maximum Gasteiger partial charge on any atom is 0.134 e. The van der Waals surface area contributed by atoms with E-state index in [1.54, 1.807) is 37.1 Å². The van der Waals surface area contributed by atoms with Crippen molar-refractivity contribution in [2.75, 3.05) is 0 Å². The van der Waals surface area contributed by atoms with Crippen LogP contribution in [-0.4, -0.2) is 14.2 Å². The van der Waals surface area contributed by atoms with E-state index in [2.05, 4.69) is 9.97 Å². The summed E-state index contributed by atoms with van der Waals surface area (Å²) in [5.74, 6) is 1.49. The standard InChI is InChI=1S/C22H16N2O3S/c25-28(21-15-17(9-11-23-21)5-7-19-3-1-13-26-19)22-16-18(10-12-24-22)6-8-20-4-2-14-27-20/h1-16H/b7-5+,8-6+. The lowest BCUT2D eigenvalue weighted by Gasteiger charge is -2.03. The molecule has 0 aromatic carbocycles. The van der Waals surface area contributed by atoms with Crippen LogP contribution in [0.3, 0.4) is 0 Å². The Bertz CT molecular complexity index is 1040. The van der Waals surface area contributed by atoms with Crippen LogP contribution in [0.4, 0.5) is 0 Å². The second-order valence-electron chi connectivity index (χ2n) is 5.82. The topological polar surface area (TPSA) is 69.1 Å². The Hall–Kier alpha value is -3.51. The molecule has 0 fully saturated rings. The van der Waals surface area contributed by atoms with Crippen molar-refractivity contribution in [2.24, 2.45) is 0 Å². The van der Waals surface area contributed by atoms with Crippen molar-refractivity contribution in [1.29, 1.82) is 0 Å². The van der Waals surface area contributed by atoms with Gasteiger partial charge in [0.2, 0.25) is 0 Å². The molecule has 0 aliphatic carbocycles. The molecular formula is C22H16N2O3S. The van der Waals surface area contributed by atoms with Crippen LogP contribution in [0.5, 0.6) is 0 Å². The highest BCUT2D eigenvalue weighted by molar-refractivity contribution is 7.84. The third kappa shape index (κ3) is 4.42. The molecule has 28 heavy (non-hydrogen) atoms. The fourth-order valence-electron chi connectivity index (χ4n) is 2.50. The van der Waals surface area contributed by atoms with Crippen molar-refractivity contribution in [2.45, 2.75) is 10.1 Å². The van der Waals surface area contributed by atoms with E-state index >= 15 is 0 Å². The van der Waals surface area contributed by atoms with Crippen molar-refractivity contribution in [3.8, 4) is 0 Å². The minimum absolute atomic E-state index is 0.446. The molecule has 138 valence electrons. The maximum atomic E-state index is 12.9. The van der Waals surface area contributed by atoms with E-state index in [-0.39, 0.29) is 0 Å². The van der Waals surface area contributed by atoms with Crippen LogP contribution in [-0.2, 0) is 10.8 Å². The van der Waals surface area contributed by atoms with Gasteiger partial charge < -0.3 is 8.83 Å². The van der Waals surface area contributed by atoms with Crippen LogP contribution >= 0.6 is 0 Å². The second kappa shape index (κ2) is 8.45. The SMILES string of the molecule is O=S(c1cc(/C=C/c2ccco2)ccn1)c1cc(/C=C/c2ccco2)ccn1.